The van der Waals surface area contributed by atoms with Gasteiger partial charge in [-0.1, -0.05) is 6.08 Å². The normalized spacial score (nSPS) is 26.4. The van der Waals surface area contributed by atoms with E-state index in [-0.39, 0.29) is 29.6 Å². The molecular formula is C23H29N5O5S. The maximum atomic E-state index is 13.8. The molecule has 2 bridgehead atoms. The Morgan fingerprint density at radius 3 is 2.74 bits per heavy atom. The van der Waals surface area contributed by atoms with Gasteiger partial charge in [-0.25, -0.2) is 13.4 Å². The summed E-state index contributed by atoms with van der Waals surface area (Å²) in [6, 6.07) is 1.84. The highest BCUT2D eigenvalue weighted by Gasteiger charge is 2.60. The molecular weight excluding hydrogens is 458 g/mol. The minimum Gasteiger partial charge on any atom is -0.396 e. The largest absolute Gasteiger partial charge is 0.396 e. The second-order valence-corrected chi connectivity index (χ2v) is 11.0. The van der Waals surface area contributed by atoms with Crippen molar-refractivity contribution in [1.82, 2.24) is 23.7 Å². The molecule has 2 aliphatic heterocycles. The number of nitrogens with zero attached hydrogens (tertiary/aromatic N) is 4. The van der Waals surface area contributed by atoms with Gasteiger partial charge in [-0.3, -0.25) is 9.59 Å². The van der Waals surface area contributed by atoms with Crippen LogP contribution in [0.3, 0.4) is 0 Å². The van der Waals surface area contributed by atoms with Crippen molar-refractivity contribution in [2.45, 2.75) is 49.8 Å². The summed E-state index contributed by atoms with van der Waals surface area (Å²) in [4.78, 5) is 30.8. The average molecular weight is 488 g/mol. The third kappa shape index (κ3) is 3.37. The van der Waals surface area contributed by atoms with Crippen LogP contribution >= 0.6 is 0 Å². The van der Waals surface area contributed by atoms with E-state index in [1.807, 2.05) is 0 Å². The van der Waals surface area contributed by atoms with Crippen LogP contribution in [0.15, 0.2) is 40.6 Å². The molecule has 0 unspecified atom stereocenters. The van der Waals surface area contributed by atoms with E-state index in [1.54, 1.807) is 35.2 Å². The van der Waals surface area contributed by atoms with E-state index in [0.29, 0.717) is 17.8 Å². The first kappa shape index (κ1) is 23.0. The van der Waals surface area contributed by atoms with Crippen LogP contribution in [0.5, 0.6) is 0 Å². The summed E-state index contributed by atoms with van der Waals surface area (Å²) < 4.78 is 32.0. The molecule has 2 aromatic heterocycles. The van der Waals surface area contributed by atoms with Crippen molar-refractivity contribution < 1.29 is 18.3 Å². The Hall–Kier alpha value is -2.76. The van der Waals surface area contributed by atoms with Crippen LogP contribution < -0.4 is 10.9 Å². The molecule has 4 heterocycles. The van der Waals surface area contributed by atoms with Crippen LogP contribution in [-0.2, 0) is 28.4 Å². The monoisotopic (exact) mass is 487 g/mol. The zero-order chi connectivity index (χ0) is 24.2. The minimum atomic E-state index is -4.10. The molecule has 182 valence electrons. The number of rotatable bonds is 6. The molecule has 1 saturated heterocycles. The number of aromatic nitrogens is 3. The summed E-state index contributed by atoms with van der Waals surface area (Å²) >= 11 is 0. The molecule has 1 aliphatic carbocycles. The first-order valence-corrected chi connectivity index (χ1v) is 13.1. The lowest BCUT2D eigenvalue weighted by Gasteiger charge is -2.36. The first-order chi connectivity index (χ1) is 16.3. The predicted octanol–water partition coefficient (Wildman–Crippen LogP) is 0.638. The molecule has 1 fully saturated rings. The number of fused-ring (bicyclic) bond motifs is 4. The third-order valence-electron chi connectivity index (χ3n) is 7.25. The maximum absolute atomic E-state index is 13.8. The van der Waals surface area contributed by atoms with Crippen LogP contribution in [0, 0.1) is 11.8 Å². The fourth-order valence-electron chi connectivity index (χ4n) is 5.77. The highest BCUT2D eigenvalue weighted by molar-refractivity contribution is 7.89. The lowest BCUT2D eigenvalue weighted by atomic mass is 9.86. The number of carbonyl (C=O) groups excluding carboxylic acids is 1. The van der Waals surface area contributed by atoms with Crippen molar-refractivity contribution in [1.29, 1.82) is 0 Å². The lowest BCUT2D eigenvalue weighted by Crippen LogP contribution is -2.49. The standard InChI is InChI=1S/C23H29N5O5S/c1-3-24-22(30)20-16(12-29)18-10-27-17(9-8-15(23(27)31)14-6-4-5-7-14)21(20)28(18)34(32,33)19-11-26(2)13-25-19/h6,8-9,11,13,16,18,20-21,29H,3-5,7,10,12H2,1-2H3,(H,24,30)/t16-,18-,20+,21+/m0/s1. The van der Waals surface area contributed by atoms with Crippen LogP contribution in [0.4, 0.5) is 0 Å². The van der Waals surface area contributed by atoms with E-state index in [0.717, 1.165) is 24.8 Å². The Balaban J connectivity index is 1.70. The fourth-order valence-corrected chi connectivity index (χ4v) is 7.58. The third-order valence-corrected chi connectivity index (χ3v) is 9.04. The number of allylic oxidation sites excluding steroid dienone is 2. The number of aliphatic hydroxyl groups is 1. The van der Waals surface area contributed by atoms with Crippen LogP contribution in [0.2, 0.25) is 0 Å². The number of hydrogen-bond acceptors (Lipinski definition) is 6. The van der Waals surface area contributed by atoms with Gasteiger partial charge >= 0.3 is 0 Å². The number of pyridine rings is 1. The molecule has 1 amide bonds. The zero-order valence-electron chi connectivity index (χ0n) is 19.2. The van der Waals surface area contributed by atoms with Crippen molar-refractivity contribution in [3.05, 3.63) is 52.3 Å². The number of carbonyl (C=O) groups is 1. The number of nitrogens with one attached hydrogen (secondary N) is 1. The second-order valence-electron chi connectivity index (χ2n) is 9.20. The molecule has 10 nitrogen and oxygen atoms in total. The van der Waals surface area contributed by atoms with Crippen LogP contribution in [0.25, 0.3) is 5.57 Å². The number of aryl methyl sites for hydroxylation is 1. The Labute approximate surface area is 198 Å². The second kappa shape index (κ2) is 8.47. The maximum Gasteiger partial charge on any atom is 0.263 e. The quantitative estimate of drug-likeness (QED) is 0.616. The van der Waals surface area contributed by atoms with Gasteiger partial charge in [-0.05, 0) is 43.9 Å². The Kier molecular flexibility index (Phi) is 5.73. The molecule has 0 spiro atoms. The van der Waals surface area contributed by atoms with Gasteiger partial charge in [-0.15, -0.1) is 0 Å². The molecule has 5 rings (SSSR count). The van der Waals surface area contributed by atoms with Gasteiger partial charge < -0.3 is 19.6 Å². The highest BCUT2D eigenvalue weighted by Crippen LogP contribution is 2.50. The van der Waals surface area contributed by atoms with Crippen LogP contribution in [0.1, 0.15) is 43.5 Å². The van der Waals surface area contributed by atoms with Gasteiger partial charge in [0.15, 0.2) is 5.03 Å². The number of imidazole rings is 1. The number of hydrogen-bond donors (Lipinski definition) is 2. The predicted molar refractivity (Wildman–Crippen MR) is 124 cm³/mol. The van der Waals surface area contributed by atoms with E-state index in [9.17, 15) is 23.1 Å². The Morgan fingerprint density at radius 1 is 1.32 bits per heavy atom. The molecule has 11 heteroatoms. The number of sulfonamides is 1. The van der Waals surface area contributed by atoms with Gasteiger partial charge in [0, 0.05) is 56.2 Å². The van der Waals surface area contributed by atoms with E-state index in [1.165, 1.54) is 16.8 Å². The van der Waals surface area contributed by atoms with Crippen molar-refractivity contribution in [3.8, 4) is 0 Å². The molecule has 0 saturated carbocycles. The molecule has 3 aliphatic rings. The van der Waals surface area contributed by atoms with Crippen LogP contribution in [-0.4, -0.2) is 57.0 Å². The van der Waals surface area contributed by atoms with Crippen molar-refractivity contribution >= 4 is 21.5 Å². The van der Waals surface area contributed by atoms with Crippen molar-refractivity contribution in [3.63, 3.8) is 0 Å². The summed E-state index contributed by atoms with van der Waals surface area (Å²) in [5.41, 5.74) is 1.92. The topological polar surface area (TPSA) is 127 Å². The van der Waals surface area contributed by atoms with Gasteiger partial charge in [0.1, 0.15) is 0 Å². The summed E-state index contributed by atoms with van der Waals surface area (Å²) in [7, 11) is -2.42. The van der Waals surface area contributed by atoms with Gasteiger partial charge in [0.05, 0.1) is 18.3 Å². The first-order valence-electron chi connectivity index (χ1n) is 11.6. The Bertz CT molecular complexity index is 1330. The summed E-state index contributed by atoms with van der Waals surface area (Å²) in [5.74, 6) is -1.83. The minimum absolute atomic E-state index is 0.0684. The van der Waals surface area contributed by atoms with Gasteiger partial charge in [-0.2, -0.15) is 4.31 Å². The van der Waals surface area contributed by atoms with Crippen molar-refractivity contribution in [2.75, 3.05) is 13.2 Å². The summed E-state index contributed by atoms with van der Waals surface area (Å²) in [6.07, 6.45) is 7.67. The molecule has 0 aromatic carbocycles. The summed E-state index contributed by atoms with van der Waals surface area (Å²) in [5, 5.41) is 13.0. The Morgan fingerprint density at radius 2 is 2.12 bits per heavy atom. The molecule has 2 N–H and O–H groups in total. The smallest absolute Gasteiger partial charge is 0.263 e. The van der Waals surface area contributed by atoms with E-state index >= 15 is 0 Å². The average Bonchev–Trinajstić information content (AvgIpc) is 3.53. The molecule has 0 radical (unpaired) electrons. The zero-order valence-corrected chi connectivity index (χ0v) is 20.0. The molecule has 4 atom stereocenters. The van der Waals surface area contributed by atoms with E-state index < -0.39 is 33.9 Å². The molecule has 34 heavy (non-hydrogen) atoms. The highest BCUT2D eigenvalue weighted by atomic mass is 32.2. The van der Waals surface area contributed by atoms with E-state index in [2.05, 4.69) is 16.4 Å². The van der Waals surface area contributed by atoms with E-state index in [4.69, 9.17) is 0 Å². The SMILES string of the molecule is CCNC(=O)[C@@H]1[C@@H](CO)[C@@H]2Cn3c(ccc(C4=CCCC4)c3=O)[C@H]1N2S(=O)(=O)c1cn(C)cn1. The van der Waals surface area contributed by atoms with Gasteiger partial charge in [0.2, 0.25) is 5.91 Å². The summed E-state index contributed by atoms with van der Waals surface area (Å²) in [6.45, 7) is 1.85. The van der Waals surface area contributed by atoms with Gasteiger partial charge in [0.25, 0.3) is 15.6 Å². The van der Waals surface area contributed by atoms with Crippen molar-refractivity contribution in [2.24, 2.45) is 18.9 Å². The lowest BCUT2D eigenvalue weighted by molar-refractivity contribution is -0.127. The molecule has 2 aromatic rings. The fraction of sp³-hybridized carbons (Fsp3) is 0.522. The number of amides is 1. The number of aliphatic hydroxyl groups excluding tert-OH is 1.